The summed E-state index contributed by atoms with van der Waals surface area (Å²) in [6, 6.07) is 17.2. The first-order valence-electron chi connectivity index (χ1n) is 5.46. The third-order valence-corrected chi connectivity index (χ3v) is 6.68. The maximum atomic E-state index is 3.75. The number of benzene rings is 3. The molecule has 0 bridgehead atoms. The summed E-state index contributed by atoms with van der Waals surface area (Å²) in [7, 11) is 0. The van der Waals surface area contributed by atoms with Crippen LogP contribution >= 0.6 is 28.8 Å². The van der Waals surface area contributed by atoms with Crippen molar-refractivity contribution in [3.05, 3.63) is 53.0 Å². The van der Waals surface area contributed by atoms with Crippen molar-refractivity contribution in [3.8, 4) is 0 Å². The second kappa shape index (κ2) is 4.88. The molecule has 0 amide bonds. The van der Waals surface area contributed by atoms with Gasteiger partial charge in [0.05, 0.1) is 0 Å². The number of fused-ring (bicyclic) bond motifs is 2. The van der Waals surface area contributed by atoms with Crippen molar-refractivity contribution < 1.29 is 0 Å². The van der Waals surface area contributed by atoms with Gasteiger partial charge >= 0.3 is 18.2 Å². The summed E-state index contributed by atoms with van der Waals surface area (Å²) in [6.45, 7) is 0. The van der Waals surface area contributed by atoms with Crippen LogP contribution < -0.4 is 3.69 Å². The Kier molecular flexibility index (Phi) is 3.44. The molecule has 0 saturated carbocycles. The molecule has 80 valence electrons. The third kappa shape index (κ3) is 1.93. The summed E-state index contributed by atoms with van der Waals surface area (Å²) >= 11 is 7.12. The minimum atomic E-state index is -0.377. The molecule has 0 nitrogen and oxygen atoms in total. The molecule has 0 aliphatic carbocycles. The molecule has 0 aliphatic rings. The highest BCUT2D eigenvalue weighted by atomic mass is 79.9. The normalized spacial score (nSPS) is 10.7. The van der Waals surface area contributed by atoms with Crippen molar-refractivity contribution in [2.45, 2.75) is 0 Å². The van der Waals surface area contributed by atoms with E-state index in [-0.39, 0.29) is 18.2 Å². The Morgan fingerprint density at radius 1 is 0.706 bits per heavy atom. The van der Waals surface area contributed by atoms with Crippen LogP contribution in [0.1, 0.15) is 0 Å². The Labute approximate surface area is 124 Å². The molecule has 17 heavy (non-hydrogen) atoms. The predicted molar refractivity (Wildman–Crippen MR) is 83.5 cm³/mol. The van der Waals surface area contributed by atoms with Gasteiger partial charge in [-0.3, -0.25) is 12.9 Å². The first kappa shape index (κ1) is 12.0. The number of hydrogen-bond donors (Lipinski definition) is 0. The van der Waals surface area contributed by atoms with Gasteiger partial charge in [0.25, 0.3) is 0 Å². The summed E-state index contributed by atoms with van der Waals surface area (Å²) < 4.78 is 2.71. The molecule has 3 heteroatoms. The molecule has 3 aromatic rings. The highest BCUT2D eigenvalue weighted by Gasteiger charge is 2.11. The van der Waals surface area contributed by atoms with E-state index in [9.17, 15) is 0 Å². The van der Waals surface area contributed by atoms with Gasteiger partial charge in [0.1, 0.15) is 0 Å². The van der Waals surface area contributed by atoms with Crippen LogP contribution in [0.4, 0.5) is 0 Å². The van der Waals surface area contributed by atoms with Crippen molar-refractivity contribution in [2.75, 3.05) is 0 Å². The standard InChI is InChI=1S/C14H8Br.BrH.Mg/c15-14-12-7-3-1-5-10(12)9-11-6-2-4-8-13(11)14;;/h1-8H;1H;/q;;+1/p-1. The summed E-state index contributed by atoms with van der Waals surface area (Å²) in [6.07, 6.45) is 0. The van der Waals surface area contributed by atoms with Gasteiger partial charge in [0.15, 0.2) is 0 Å². The zero-order chi connectivity index (χ0) is 11.8. The second-order valence-corrected chi connectivity index (χ2v) is 7.47. The van der Waals surface area contributed by atoms with Crippen LogP contribution in [0.5, 0.6) is 0 Å². The van der Waals surface area contributed by atoms with Crippen molar-refractivity contribution in [3.63, 3.8) is 0 Å². The fourth-order valence-corrected chi connectivity index (χ4v) is 5.72. The molecule has 0 fully saturated rings. The topological polar surface area (TPSA) is 0 Å². The van der Waals surface area contributed by atoms with Crippen LogP contribution in [-0.4, -0.2) is 18.2 Å². The molecule has 0 N–H and O–H groups in total. The Morgan fingerprint density at radius 3 is 1.53 bits per heavy atom. The molecule has 0 spiro atoms. The molecule has 0 atom stereocenters. The van der Waals surface area contributed by atoms with E-state index in [1.54, 1.807) is 0 Å². The average molecular weight is 360 g/mol. The van der Waals surface area contributed by atoms with Crippen LogP contribution in [-0.2, 0) is 0 Å². The molecule has 0 saturated heterocycles. The quantitative estimate of drug-likeness (QED) is 0.446. The number of hydrogen-bond acceptors (Lipinski definition) is 0. The minimum absolute atomic E-state index is 0.377. The highest BCUT2D eigenvalue weighted by Crippen LogP contribution is 2.31. The first-order valence-corrected chi connectivity index (χ1v) is 10.9. The van der Waals surface area contributed by atoms with E-state index in [1.807, 2.05) is 0 Å². The lowest BCUT2D eigenvalue weighted by atomic mass is 10.0. The van der Waals surface area contributed by atoms with E-state index in [1.165, 1.54) is 29.7 Å². The molecule has 3 aromatic carbocycles. The van der Waals surface area contributed by atoms with E-state index < -0.39 is 0 Å². The molecule has 0 aromatic heterocycles. The Morgan fingerprint density at radius 2 is 1.12 bits per heavy atom. The summed E-state index contributed by atoms with van der Waals surface area (Å²) in [5.74, 6) is 0. The summed E-state index contributed by atoms with van der Waals surface area (Å²) in [5, 5.41) is 5.38. The zero-order valence-corrected chi connectivity index (χ0v) is 13.7. The maximum absolute atomic E-state index is 3.75. The molecule has 0 radical (unpaired) electrons. The fourth-order valence-electron chi connectivity index (χ4n) is 2.31. The van der Waals surface area contributed by atoms with E-state index in [0.717, 1.165) is 0 Å². The molecule has 0 heterocycles. The SMILES string of the molecule is [Br][Mg][c]1c2ccccc2c(Br)c2ccccc12. The predicted octanol–water partition coefficient (Wildman–Crippen LogP) is 4.39. The Hall–Kier alpha value is -0.0938. The van der Waals surface area contributed by atoms with Gasteiger partial charge in [-0.1, -0.05) is 48.5 Å². The van der Waals surface area contributed by atoms with Crippen molar-refractivity contribution in [2.24, 2.45) is 0 Å². The van der Waals surface area contributed by atoms with Gasteiger partial charge in [-0.25, -0.2) is 0 Å². The lowest BCUT2D eigenvalue weighted by Gasteiger charge is -2.12. The van der Waals surface area contributed by atoms with Gasteiger partial charge in [0, 0.05) is 4.47 Å². The minimum Gasteiger partial charge on any atom is -0.296 e. The van der Waals surface area contributed by atoms with Crippen LogP contribution in [0.15, 0.2) is 53.0 Å². The number of rotatable bonds is 1. The second-order valence-electron chi connectivity index (χ2n) is 4.02. The van der Waals surface area contributed by atoms with Gasteiger partial charge in [-0.2, -0.15) is 0 Å². The molecular weight excluding hydrogens is 352 g/mol. The van der Waals surface area contributed by atoms with Crippen molar-refractivity contribution in [1.29, 1.82) is 0 Å². The highest BCUT2D eigenvalue weighted by molar-refractivity contribution is 9.23. The third-order valence-electron chi connectivity index (χ3n) is 3.11. The van der Waals surface area contributed by atoms with E-state index >= 15 is 0 Å². The van der Waals surface area contributed by atoms with E-state index in [0.29, 0.717) is 0 Å². The lowest BCUT2D eigenvalue weighted by molar-refractivity contribution is 1.76. The van der Waals surface area contributed by atoms with Gasteiger partial charge in [-0.05, 0) is 37.5 Å². The van der Waals surface area contributed by atoms with Crippen molar-refractivity contribution >= 4 is 72.2 Å². The first-order chi connectivity index (χ1) is 8.33. The molecule has 0 unspecified atom stereocenters. The summed E-state index contributed by atoms with van der Waals surface area (Å²) in [5.41, 5.74) is 0. The van der Waals surface area contributed by atoms with E-state index in [4.69, 9.17) is 0 Å². The zero-order valence-electron chi connectivity index (χ0n) is 9.08. The van der Waals surface area contributed by atoms with E-state index in [2.05, 4.69) is 77.3 Å². The number of halogens is 2. The fraction of sp³-hybridized carbons (Fsp3) is 0. The maximum Gasteiger partial charge on any atom is 0.508 e. The Bertz CT molecular complexity index is 650. The molecule has 3 rings (SSSR count). The largest absolute Gasteiger partial charge is 0.508 e. The van der Waals surface area contributed by atoms with Gasteiger partial charge in [0.2, 0.25) is 0 Å². The smallest absolute Gasteiger partial charge is 0.296 e. The Balaban J connectivity index is 2.63. The van der Waals surface area contributed by atoms with Crippen LogP contribution in [0.3, 0.4) is 0 Å². The lowest BCUT2D eigenvalue weighted by Crippen LogP contribution is -2.11. The molecular formula is C14H8Br2Mg. The summed E-state index contributed by atoms with van der Waals surface area (Å²) in [4.78, 5) is 0. The molecule has 0 aliphatic heterocycles. The van der Waals surface area contributed by atoms with Crippen LogP contribution in [0.2, 0.25) is 0 Å². The monoisotopic (exact) mass is 358 g/mol. The van der Waals surface area contributed by atoms with Gasteiger partial charge in [-0.15, -0.1) is 3.69 Å². The van der Waals surface area contributed by atoms with Gasteiger partial charge < -0.3 is 0 Å². The average Bonchev–Trinajstić information content (AvgIpc) is 2.40. The van der Waals surface area contributed by atoms with Crippen LogP contribution in [0, 0.1) is 0 Å². The van der Waals surface area contributed by atoms with Crippen molar-refractivity contribution in [1.82, 2.24) is 0 Å². The van der Waals surface area contributed by atoms with Crippen LogP contribution in [0.25, 0.3) is 21.5 Å².